The molecule has 35 heavy (non-hydrogen) atoms. The van der Waals surface area contributed by atoms with Gasteiger partial charge in [-0.1, -0.05) is 59.6 Å². The fourth-order valence-corrected chi connectivity index (χ4v) is 10.9. The van der Waals surface area contributed by atoms with Crippen LogP contribution in [0.2, 0.25) is 0 Å². The van der Waals surface area contributed by atoms with Gasteiger partial charge in [-0.2, -0.15) is 0 Å². The minimum Gasteiger partial charge on any atom is -0.462 e. The van der Waals surface area contributed by atoms with Gasteiger partial charge in [-0.05, 0) is 110 Å². The van der Waals surface area contributed by atoms with Crippen molar-refractivity contribution in [1.82, 2.24) is 0 Å². The Morgan fingerprint density at radius 1 is 0.857 bits per heavy atom. The number of fused-ring (bicyclic) bond motifs is 6. The van der Waals surface area contributed by atoms with E-state index < -0.39 is 0 Å². The summed E-state index contributed by atoms with van der Waals surface area (Å²) in [7, 11) is 0. The largest absolute Gasteiger partial charge is 0.462 e. The molecule has 0 aliphatic heterocycles. The number of hydrogen-bond donors (Lipinski definition) is 1. The lowest BCUT2D eigenvalue weighted by molar-refractivity contribution is -0.172. The molecule has 0 radical (unpaired) electrons. The topological polar surface area (TPSA) is 46.5 Å². The summed E-state index contributed by atoms with van der Waals surface area (Å²) < 4.78 is 5.88. The van der Waals surface area contributed by atoms with Gasteiger partial charge in [0.15, 0.2) is 0 Å². The van der Waals surface area contributed by atoms with Crippen molar-refractivity contribution >= 4 is 5.97 Å². The van der Waals surface area contributed by atoms with Crippen LogP contribution in [-0.2, 0) is 9.53 Å². The minimum absolute atomic E-state index is 0.0102. The zero-order valence-electron chi connectivity index (χ0n) is 24.0. The maximum absolute atomic E-state index is 11.9. The molecule has 0 bridgehead atoms. The van der Waals surface area contributed by atoms with Crippen molar-refractivity contribution in [3.05, 3.63) is 11.1 Å². The second-order valence-electron chi connectivity index (χ2n) is 15.6. The lowest BCUT2D eigenvalue weighted by Gasteiger charge is -2.69. The van der Waals surface area contributed by atoms with E-state index in [4.69, 9.17) is 4.74 Å². The van der Waals surface area contributed by atoms with Gasteiger partial charge in [-0.3, -0.25) is 4.79 Å². The zero-order chi connectivity index (χ0) is 25.7. The van der Waals surface area contributed by atoms with Gasteiger partial charge in [0, 0.05) is 18.9 Å². The molecule has 0 aromatic heterocycles. The summed E-state index contributed by atoms with van der Waals surface area (Å²) in [6, 6.07) is 0. The molecule has 0 heterocycles. The molecule has 3 saturated carbocycles. The Balaban J connectivity index is 1.54. The highest BCUT2D eigenvalue weighted by Gasteiger charge is 2.66. The Morgan fingerprint density at radius 3 is 2.20 bits per heavy atom. The second kappa shape index (κ2) is 7.84. The highest BCUT2D eigenvalue weighted by atomic mass is 16.5. The first-order valence-corrected chi connectivity index (χ1v) is 14.7. The van der Waals surface area contributed by atoms with E-state index in [1.54, 1.807) is 12.5 Å². The van der Waals surface area contributed by atoms with Gasteiger partial charge >= 0.3 is 5.97 Å². The first-order chi connectivity index (χ1) is 16.2. The average molecular weight is 485 g/mol. The molecule has 0 unspecified atom stereocenters. The SMILES string of the molecule is CC(=O)O[C@H]1CC[C@]2(C)C3=C(CC[C@H]2C1(C)C)[C@@]1(C)CC[C@@]2(C)CC[C@@](C)(CO)C[C@H]2[C@]1(C)CC3. The lowest BCUT2D eigenvalue weighted by atomic mass is 9.35. The van der Waals surface area contributed by atoms with Crippen molar-refractivity contribution in [1.29, 1.82) is 0 Å². The van der Waals surface area contributed by atoms with E-state index in [2.05, 4.69) is 48.5 Å². The van der Waals surface area contributed by atoms with Crippen molar-refractivity contribution in [2.45, 2.75) is 132 Å². The third-order valence-corrected chi connectivity index (χ3v) is 13.5. The van der Waals surface area contributed by atoms with Gasteiger partial charge in [0.25, 0.3) is 0 Å². The summed E-state index contributed by atoms with van der Waals surface area (Å²) in [6.45, 7) is 19.4. The van der Waals surface area contributed by atoms with Crippen molar-refractivity contribution in [3.8, 4) is 0 Å². The Morgan fingerprint density at radius 2 is 1.54 bits per heavy atom. The number of carbonyl (C=O) groups excluding carboxylic acids is 1. The van der Waals surface area contributed by atoms with E-state index >= 15 is 0 Å². The quantitative estimate of drug-likeness (QED) is 0.320. The number of hydrogen-bond acceptors (Lipinski definition) is 3. The molecule has 5 aliphatic carbocycles. The number of aliphatic hydroxyl groups excluding tert-OH is 1. The minimum atomic E-state index is -0.129. The van der Waals surface area contributed by atoms with E-state index in [0.29, 0.717) is 29.3 Å². The number of carbonyl (C=O) groups is 1. The molecule has 0 amide bonds. The number of rotatable bonds is 2. The van der Waals surface area contributed by atoms with Crippen LogP contribution in [0, 0.1) is 44.3 Å². The Bertz CT molecular complexity index is 933. The summed E-state index contributed by atoms with van der Waals surface area (Å²) in [6.07, 6.45) is 13.4. The molecule has 198 valence electrons. The van der Waals surface area contributed by atoms with Crippen LogP contribution in [0.15, 0.2) is 11.1 Å². The van der Waals surface area contributed by atoms with Gasteiger partial charge in [-0.15, -0.1) is 0 Å². The van der Waals surface area contributed by atoms with Crippen LogP contribution in [0.25, 0.3) is 0 Å². The normalized spacial score (nSPS) is 50.9. The molecule has 5 rings (SSSR count). The number of allylic oxidation sites excluding steroid dienone is 2. The van der Waals surface area contributed by atoms with Gasteiger partial charge < -0.3 is 9.84 Å². The molecule has 0 aromatic carbocycles. The van der Waals surface area contributed by atoms with Crippen molar-refractivity contribution in [3.63, 3.8) is 0 Å². The molecule has 1 N–H and O–H groups in total. The fraction of sp³-hybridized carbons (Fsp3) is 0.906. The predicted molar refractivity (Wildman–Crippen MR) is 142 cm³/mol. The van der Waals surface area contributed by atoms with Crippen LogP contribution in [0.3, 0.4) is 0 Å². The summed E-state index contributed by atoms with van der Waals surface area (Å²) in [5.74, 6) is 1.13. The van der Waals surface area contributed by atoms with E-state index in [9.17, 15) is 9.90 Å². The van der Waals surface area contributed by atoms with E-state index in [-0.39, 0.29) is 33.7 Å². The van der Waals surface area contributed by atoms with Crippen LogP contribution in [0.1, 0.15) is 126 Å². The highest BCUT2D eigenvalue weighted by Crippen LogP contribution is 2.75. The number of aliphatic hydroxyl groups is 1. The Labute approximate surface area is 214 Å². The molecule has 0 saturated heterocycles. The summed E-state index contributed by atoms with van der Waals surface area (Å²) in [5.41, 5.74) is 4.95. The first-order valence-electron chi connectivity index (χ1n) is 14.7. The molecule has 3 fully saturated rings. The molecular weight excluding hydrogens is 432 g/mol. The van der Waals surface area contributed by atoms with Gasteiger partial charge in [0.05, 0.1) is 0 Å². The van der Waals surface area contributed by atoms with Crippen LogP contribution >= 0.6 is 0 Å². The highest BCUT2D eigenvalue weighted by molar-refractivity contribution is 5.66. The van der Waals surface area contributed by atoms with E-state index in [0.717, 1.165) is 12.8 Å². The third kappa shape index (κ3) is 3.41. The summed E-state index contributed by atoms with van der Waals surface area (Å²) in [5, 5.41) is 10.3. The van der Waals surface area contributed by atoms with Crippen LogP contribution < -0.4 is 0 Å². The molecule has 5 aliphatic rings. The summed E-state index contributed by atoms with van der Waals surface area (Å²) in [4.78, 5) is 11.9. The predicted octanol–water partition coefficient (Wildman–Crippen LogP) is 7.86. The van der Waals surface area contributed by atoms with Crippen LogP contribution in [0.5, 0.6) is 0 Å². The smallest absolute Gasteiger partial charge is 0.302 e. The molecule has 0 spiro atoms. The van der Waals surface area contributed by atoms with Gasteiger partial charge in [0.2, 0.25) is 0 Å². The maximum Gasteiger partial charge on any atom is 0.302 e. The van der Waals surface area contributed by atoms with E-state index in [1.165, 1.54) is 57.8 Å². The standard InChI is InChI=1S/C32H52O3/c1-21(34)35-26-12-13-30(6)22-11-14-32(8)25-19-28(4,20-33)15-16-29(25,5)17-18-31(32,7)23(22)9-10-24(30)27(26,2)3/h24-26,33H,9-20H2,1-8H3/t24-,25+,26-,28+,29+,30+,31+,32-/m0/s1. The van der Waals surface area contributed by atoms with Gasteiger partial charge in [-0.25, -0.2) is 0 Å². The van der Waals surface area contributed by atoms with E-state index in [1.807, 2.05) is 5.57 Å². The number of esters is 1. The number of ether oxygens (including phenoxy) is 1. The lowest BCUT2D eigenvalue weighted by Crippen LogP contribution is -2.61. The molecule has 3 heteroatoms. The molecule has 0 aromatic rings. The first kappa shape index (κ1) is 25.8. The Kier molecular flexibility index (Phi) is 5.78. The maximum atomic E-state index is 11.9. The fourth-order valence-electron chi connectivity index (χ4n) is 10.9. The third-order valence-electron chi connectivity index (χ3n) is 13.5. The molecule has 3 nitrogen and oxygen atoms in total. The van der Waals surface area contributed by atoms with Gasteiger partial charge in [0.1, 0.15) is 6.10 Å². The average Bonchev–Trinajstić information content (AvgIpc) is 2.78. The van der Waals surface area contributed by atoms with Crippen LogP contribution in [-0.4, -0.2) is 23.8 Å². The molecule has 8 atom stereocenters. The molecular formula is C32H52O3. The van der Waals surface area contributed by atoms with Crippen molar-refractivity contribution < 1.29 is 14.6 Å². The summed E-state index contributed by atoms with van der Waals surface area (Å²) >= 11 is 0. The van der Waals surface area contributed by atoms with Crippen LogP contribution in [0.4, 0.5) is 0 Å². The van der Waals surface area contributed by atoms with Crippen molar-refractivity contribution in [2.75, 3.05) is 6.61 Å². The zero-order valence-corrected chi connectivity index (χ0v) is 24.0. The monoisotopic (exact) mass is 484 g/mol. The Hall–Kier alpha value is -0.830. The van der Waals surface area contributed by atoms with Crippen molar-refractivity contribution in [2.24, 2.45) is 44.3 Å². The second-order valence-corrected chi connectivity index (χ2v) is 15.6.